The van der Waals surface area contributed by atoms with E-state index in [-0.39, 0.29) is 0 Å². The normalized spacial score (nSPS) is 15.4. The first-order valence-electron chi connectivity index (χ1n) is 4.86. The van der Waals surface area contributed by atoms with E-state index in [1.165, 1.54) is 12.0 Å². The molecule has 0 aliphatic carbocycles. The molecule has 0 aromatic heterocycles. The topological polar surface area (TPSA) is 24.4 Å². The van der Waals surface area contributed by atoms with Crippen LogP contribution in [0.2, 0.25) is 0 Å². The Bertz CT molecular complexity index is 330. The third kappa shape index (κ3) is 2.58. The number of rotatable bonds is 2. The van der Waals surface area contributed by atoms with E-state index < -0.39 is 0 Å². The molecule has 0 atom stereocenters. The monoisotopic (exact) mass is 252 g/mol. The Kier molecular flexibility index (Phi) is 3.19. The summed E-state index contributed by atoms with van der Waals surface area (Å²) < 4.78 is 1.12. The molecule has 74 valence electrons. The van der Waals surface area contributed by atoms with Gasteiger partial charge in [0.05, 0.1) is 5.84 Å². The zero-order chi connectivity index (χ0) is 9.80. The number of halogens is 1. The van der Waals surface area contributed by atoms with Crippen molar-refractivity contribution in [1.29, 1.82) is 0 Å². The lowest BCUT2D eigenvalue weighted by Crippen LogP contribution is -2.20. The van der Waals surface area contributed by atoms with Crippen LogP contribution in [0.1, 0.15) is 18.4 Å². The second kappa shape index (κ2) is 4.60. The summed E-state index contributed by atoms with van der Waals surface area (Å²) in [6.45, 7) is 1.87. The molecular weight excluding hydrogens is 240 g/mol. The fourth-order valence-electron chi connectivity index (χ4n) is 1.49. The number of nitrogens with zero attached hydrogens (tertiary/aromatic N) is 1. The lowest BCUT2D eigenvalue weighted by Gasteiger charge is -2.05. The van der Waals surface area contributed by atoms with Crippen LogP contribution in [0.25, 0.3) is 0 Å². The van der Waals surface area contributed by atoms with Gasteiger partial charge >= 0.3 is 0 Å². The van der Waals surface area contributed by atoms with E-state index in [1.807, 2.05) is 0 Å². The van der Waals surface area contributed by atoms with Gasteiger partial charge in [0.25, 0.3) is 0 Å². The molecule has 0 saturated carbocycles. The smallest absolute Gasteiger partial charge is 0.0966 e. The second-order valence-corrected chi connectivity index (χ2v) is 4.33. The summed E-state index contributed by atoms with van der Waals surface area (Å²) in [5.74, 6) is 1.16. The maximum Gasteiger partial charge on any atom is 0.0966 e. The van der Waals surface area contributed by atoms with Gasteiger partial charge in [0, 0.05) is 24.0 Å². The largest absolute Gasteiger partial charge is 0.370 e. The molecule has 0 fully saturated rings. The quantitative estimate of drug-likeness (QED) is 0.861. The molecule has 0 bridgehead atoms. The number of amidine groups is 1. The van der Waals surface area contributed by atoms with Crippen molar-refractivity contribution in [3.05, 3.63) is 34.3 Å². The highest BCUT2D eigenvalue weighted by molar-refractivity contribution is 9.10. The number of nitrogens with one attached hydrogen (secondary N) is 1. The Morgan fingerprint density at radius 3 is 2.71 bits per heavy atom. The van der Waals surface area contributed by atoms with Gasteiger partial charge in [-0.2, -0.15) is 0 Å². The fraction of sp³-hybridized carbons (Fsp3) is 0.364. The van der Waals surface area contributed by atoms with Gasteiger partial charge in [-0.15, -0.1) is 0 Å². The van der Waals surface area contributed by atoms with Gasteiger partial charge in [-0.3, -0.25) is 4.99 Å². The van der Waals surface area contributed by atoms with Crippen molar-refractivity contribution in [3.63, 3.8) is 0 Å². The summed E-state index contributed by atoms with van der Waals surface area (Å²) in [7, 11) is 0. The van der Waals surface area contributed by atoms with Crippen LogP contribution < -0.4 is 5.32 Å². The van der Waals surface area contributed by atoms with E-state index in [0.717, 1.165) is 29.8 Å². The van der Waals surface area contributed by atoms with E-state index in [1.54, 1.807) is 0 Å². The number of benzene rings is 1. The Hall–Kier alpha value is -0.830. The Morgan fingerprint density at radius 2 is 2.07 bits per heavy atom. The van der Waals surface area contributed by atoms with Crippen LogP contribution in [0.3, 0.4) is 0 Å². The molecule has 1 N–H and O–H groups in total. The minimum Gasteiger partial charge on any atom is -0.370 e. The Balaban J connectivity index is 1.88. The standard InChI is InChI=1S/C11H13BrN2/c12-10-5-3-9(4-6-10)8-14-11-2-1-7-13-11/h3-6H,1-2,7-8H2,(H,13,14). The van der Waals surface area contributed by atoms with Crippen LogP contribution >= 0.6 is 15.9 Å². The van der Waals surface area contributed by atoms with Gasteiger partial charge in [-0.05, 0) is 24.1 Å². The molecule has 1 aliphatic rings. The third-order valence-electron chi connectivity index (χ3n) is 2.28. The number of hydrogen-bond acceptors (Lipinski definition) is 2. The Labute approximate surface area is 92.6 Å². The van der Waals surface area contributed by atoms with Crippen molar-refractivity contribution in [3.8, 4) is 0 Å². The van der Waals surface area contributed by atoms with Crippen LogP contribution in [0.5, 0.6) is 0 Å². The lowest BCUT2D eigenvalue weighted by molar-refractivity contribution is 0.888. The summed E-state index contributed by atoms with van der Waals surface area (Å²) in [6, 6.07) is 8.36. The van der Waals surface area contributed by atoms with Gasteiger partial charge in [-0.1, -0.05) is 28.1 Å². The molecule has 1 aromatic carbocycles. The first-order valence-corrected chi connectivity index (χ1v) is 5.65. The third-order valence-corrected chi connectivity index (χ3v) is 2.81. The molecule has 2 nitrogen and oxygen atoms in total. The highest BCUT2D eigenvalue weighted by Gasteiger charge is 2.04. The van der Waals surface area contributed by atoms with Crippen molar-refractivity contribution >= 4 is 21.8 Å². The maximum absolute atomic E-state index is 4.36. The van der Waals surface area contributed by atoms with Crippen LogP contribution in [0.15, 0.2) is 33.7 Å². The second-order valence-electron chi connectivity index (χ2n) is 3.41. The van der Waals surface area contributed by atoms with Gasteiger partial charge in [0.2, 0.25) is 0 Å². The first kappa shape index (κ1) is 9.71. The summed E-state index contributed by atoms with van der Waals surface area (Å²) in [6.07, 6.45) is 2.30. The molecule has 1 aliphatic heterocycles. The molecule has 1 aromatic rings. The molecule has 0 unspecified atom stereocenters. The zero-order valence-corrected chi connectivity index (χ0v) is 9.55. The molecule has 2 rings (SSSR count). The predicted octanol–water partition coefficient (Wildman–Crippen LogP) is 2.73. The predicted molar refractivity (Wildman–Crippen MR) is 62.5 cm³/mol. The number of hydrogen-bond donors (Lipinski definition) is 1. The van der Waals surface area contributed by atoms with Crippen LogP contribution in [0.4, 0.5) is 0 Å². The van der Waals surface area contributed by atoms with Crippen LogP contribution in [-0.2, 0) is 6.54 Å². The molecule has 1 heterocycles. The van der Waals surface area contributed by atoms with Crippen molar-refractivity contribution in [1.82, 2.24) is 5.32 Å². The van der Waals surface area contributed by atoms with Crippen molar-refractivity contribution in [2.75, 3.05) is 6.54 Å². The van der Waals surface area contributed by atoms with Crippen molar-refractivity contribution in [2.45, 2.75) is 19.4 Å². The average molecular weight is 253 g/mol. The Morgan fingerprint density at radius 1 is 1.29 bits per heavy atom. The van der Waals surface area contributed by atoms with Gasteiger partial charge in [-0.25, -0.2) is 0 Å². The molecule has 14 heavy (non-hydrogen) atoms. The molecule has 3 heteroatoms. The highest BCUT2D eigenvalue weighted by Crippen LogP contribution is 2.10. The van der Waals surface area contributed by atoms with Crippen molar-refractivity contribution < 1.29 is 0 Å². The highest BCUT2D eigenvalue weighted by atomic mass is 79.9. The summed E-state index contributed by atoms with van der Waals surface area (Å²) in [5.41, 5.74) is 1.29. The van der Waals surface area contributed by atoms with Gasteiger partial charge in [0.15, 0.2) is 0 Å². The van der Waals surface area contributed by atoms with Crippen LogP contribution in [-0.4, -0.2) is 12.4 Å². The fourth-order valence-corrected chi connectivity index (χ4v) is 1.75. The molecule has 0 radical (unpaired) electrons. The van der Waals surface area contributed by atoms with Gasteiger partial charge < -0.3 is 5.32 Å². The maximum atomic E-state index is 4.36. The molecule has 0 spiro atoms. The first-order chi connectivity index (χ1) is 6.84. The SMILES string of the molecule is Brc1ccc(CNC2=NCCC2)cc1. The van der Waals surface area contributed by atoms with E-state index >= 15 is 0 Å². The van der Waals surface area contributed by atoms with Crippen LogP contribution in [0, 0.1) is 0 Å². The van der Waals surface area contributed by atoms with E-state index in [0.29, 0.717) is 0 Å². The minimum atomic E-state index is 0.881. The van der Waals surface area contributed by atoms with E-state index in [9.17, 15) is 0 Å². The van der Waals surface area contributed by atoms with E-state index in [2.05, 4.69) is 50.5 Å². The van der Waals surface area contributed by atoms with Gasteiger partial charge in [0.1, 0.15) is 0 Å². The number of aliphatic imine (C=N–C) groups is 1. The van der Waals surface area contributed by atoms with E-state index in [4.69, 9.17) is 0 Å². The molecule has 0 amide bonds. The minimum absolute atomic E-state index is 0.881. The zero-order valence-electron chi connectivity index (χ0n) is 7.96. The summed E-state index contributed by atoms with van der Waals surface area (Å²) >= 11 is 3.42. The molecule has 0 saturated heterocycles. The molecular formula is C11H13BrN2. The average Bonchev–Trinajstić information content (AvgIpc) is 2.70. The lowest BCUT2D eigenvalue weighted by atomic mass is 10.2. The summed E-state index contributed by atoms with van der Waals surface area (Å²) in [5, 5.41) is 3.35. The van der Waals surface area contributed by atoms with Crippen molar-refractivity contribution in [2.24, 2.45) is 4.99 Å². The summed E-state index contributed by atoms with van der Waals surface area (Å²) in [4.78, 5) is 4.36.